The Morgan fingerprint density at radius 2 is 1.75 bits per heavy atom. The van der Waals surface area contributed by atoms with Crippen molar-refractivity contribution in [3.8, 4) is 0 Å². The molecule has 0 aromatic heterocycles. The van der Waals surface area contributed by atoms with Gasteiger partial charge in [0.1, 0.15) is 0 Å². The maximum absolute atomic E-state index is 11.3. The van der Waals surface area contributed by atoms with Crippen LogP contribution in [0.25, 0.3) is 0 Å². The van der Waals surface area contributed by atoms with Crippen LogP contribution in [0.5, 0.6) is 0 Å². The van der Waals surface area contributed by atoms with E-state index in [9.17, 15) is 4.79 Å². The molecule has 0 aliphatic heterocycles. The number of carbonyl (C=O) groups is 1. The molecular formula is C8H8Cl2OSi. The van der Waals surface area contributed by atoms with E-state index >= 15 is 0 Å². The van der Waals surface area contributed by atoms with Gasteiger partial charge in [0.05, 0.1) is 0 Å². The van der Waals surface area contributed by atoms with E-state index < -0.39 is 7.42 Å². The number of carbonyl (C=O) groups excluding carboxylic acids is 1. The molecule has 0 aliphatic rings. The Labute approximate surface area is 82.3 Å². The zero-order valence-corrected chi connectivity index (χ0v) is 9.22. The van der Waals surface area contributed by atoms with Crippen LogP contribution in [0.3, 0.4) is 0 Å². The van der Waals surface area contributed by atoms with Crippen LogP contribution in [0, 0.1) is 6.92 Å². The highest BCUT2D eigenvalue weighted by molar-refractivity contribution is 7.47. The van der Waals surface area contributed by atoms with Crippen LogP contribution in [0.1, 0.15) is 15.9 Å². The molecule has 0 amide bonds. The minimum Gasteiger partial charge on any atom is -0.297 e. The van der Waals surface area contributed by atoms with Gasteiger partial charge in [0.25, 0.3) is 0 Å². The molecule has 0 saturated carbocycles. The van der Waals surface area contributed by atoms with E-state index in [2.05, 4.69) is 0 Å². The quantitative estimate of drug-likeness (QED) is 0.551. The molecule has 0 bridgehead atoms. The van der Waals surface area contributed by atoms with Crippen molar-refractivity contribution in [1.82, 2.24) is 0 Å². The molecule has 1 aromatic rings. The van der Waals surface area contributed by atoms with Crippen molar-refractivity contribution in [2.75, 3.05) is 0 Å². The van der Waals surface area contributed by atoms with E-state index in [0.29, 0.717) is 5.56 Å². The van der Waals surface area contributed by atoms with Gasteiger partial charge in [0, 0.05) is 5.56 Å². The van der Waals surface area contributed by atoms with Crippen molar-refractivity contribution >= 4 is 35.0 Å². The fourth-order valence-corrected chi connectivity index (χ4v) is 2.04. The van der Waals surface area contributed by atoms with E-state index in [-0.39, 0.29) is 5.41 Å². The van der Waals surface area contributed by atoms with E-state index in [0.717, 1.165) is 5.56 Å². The predicted octanol–water partition coefficient (Wildman–Crippen LogP) is 2.42. The largest absolute Gasteiger partial charge is 0.312 e. The third kappa shape index (κ3) is 2.34. The standard InChI is InChI=1S/C8H8Cl2OSi/c1-6-2-4-7(5-3-6)8(11)12(9)10/h2-5,12H,1H3. The molecular weight excluding hydrogens is 211 g/mol. The third-order valence-electron chi connectivity index (χ3n) is 1.53. The first-order valence-corrected chi connectivity index (χ1v) is 7.57. The first kappa shape index (κ1) is 9.77. The van der Waals surface area contributed by atoms with Crippen LogP contribution < -0.4 is 0 Å². The molecule has 1 nitrogen and oxygen atoms in total. The average molecular weight is 219 g/mol. The predicted molar refractivity (Wildman–Crippen MR) is 54.4 cm³/mol. The van der Waals surface area contributed by atoms with Gasteiger partial charge in [-0.25, -0.2) is 0 Å². The third-order valence-corrected chi connectivity index (χ3v) is 3.45. The molecule has 0 fully saturated rings. The van der Waals surface area contributed by atoms with Gasteiger partial charge in [-0.3, -0.25) is 4.79 Å². The maximum atomic E-state index is 11.3. The molecule has 0 heterocycles. The molecule has 0 spiro atoms. The summed E-state index contributed by atoms with van der Waals surface area (Å²) in [6, 6.07) is 7.25. The summed E-state index contributed by atoms with van der Waals surface area (Å²) in [6.45, 7) is 1.96. The Morgan fingerprint density at radius 1 is 1.25 bits per heavy atom. The second kappa shape index (κ2) is 4.08. The molecule has 0 radical (unpaired) electrons. The molecule has 64 valence electrons. The topological polar surface area (TPSA) is 17.1 Å². The molecule has 1 aromatic carbocycles. The highest BCUT2D eigenvalue weighted by Crippen LogP contribution is 2.09. The van der Waals surface area contributed by atoms with Crippen molar-refractivity contribution in [1.29, 1.82) is 0 Å². The number of aryl methyl sites for hydroxylation is 1. The van der Waals surface area contributed by atoms with E-state index in [1.165, 1.54) is 0 Å². The van der Waals surface area contributed by atoms with Gasteiger partial charge in [-0.1, -0.05) is 29.8 Å². The fourth-order valence-electron chi connectivity index (χ4n) is 0.844. The summed E-state index contributed by atoms with van der Waals surface area (Å²) in [5, 5.41) is -0.113. The lowest BCUT2D eigenvalue weighted by Crippen LogP contribution is -2.12. The molecule has 0 saturated heterocycles. The van der Waals surface area contributed by atoms with Crippen molar-refractivity contribution in [2.45, 2.75) is 6.92 Å². The van der Waals surface area contributed by atoms with Crippen LogP contribution in [0.4, 0.5) is 0 Å². The normalized spacial score (nSPS) is 10.3. The van der Waals surface area contributed by atoms with Crippen molar-refractivity contribution in [2.24, 2.45) is 0 Å². The molecule has 1 rings (SSSR count). The molecule has 0 aliphatic carbocycles. The fraction of sp³-hybridized carbons (Fsp3) is 0.125. The summed E-state index contributed by atoms with van der Waals surface area (Å²) < 4.78 is 0. The minimum atomic E-state index is -2.20. The second-order valence-electron chi connectivity index (χ2n) is 2.53. The lowest BCUT2D eigenvalue weighted by Gasteiger charge is -1.99. The lowest BCUT2D eigenvalue weighted by atomic mass is 10.2. The Hall–Kier alpha value is -0.313. The smallest absolute Gasteiger partial charge is 0.297 e. The van der Waals surface area contributed by atoms with E-state index in [1.807, 2.05) is 19.1 Å². The average Bonchev–Trinajstić information content (AvgIpc) is 2.04. The van der Waals surface area contributed by atoms with Crippen LogP contribution in [0.15, 0.2) is 24.3 Å². The van der Waals surface area contributed by atoms with Crippen molar-refractivity contribution in [3.05, 3.63) is 35.4 Å². The van der Waals surface area contributed by atoms with Gasteiger partial charge >= 0.3 is 7.42 Å². The first-order valence-electron chi connectivity index (χ1n) is 3.50. The van der Waals surface area contributed by atoms with Crippen LogP contribution >= 0.6 is 22.2 Å². The SMILES string of the molecule is Cc1ccc(C(=O)[SiH](Cl)Cl)cc1. The van der Waals surface area contributed by atoms with Gasteiger partial charge < -0.3 is 0 Å². The Morgan fingerprint density at radius 3 is 2.17 bits per heavy atom. The van der Waals surface area contributed by atoms with Crippen molar-refractivity contribution < 1.29 is 4.79 Å². The maximum Gasteiger partial charge on any atom is 0.312 e. The molecule has 0 atom stereocenters. The van der Waals surface area contributed by atoms with Crippen molar-refractivity contribution in [3.63, 3.8) is 0 Å². The number of hydrogen-bond acceptors (Lipinski definition) is 1. The van der Waals surface area contributed by atoms with Gasteiger partial charge in [-0.05, 0) is 6.92 Å². The molecule has 0 N–H and O–H groups in total. The Bertz CT molecular complexity index is 282. The van der Waals surface area contributed by atoms with Gasteiger partial charge in [0.15, 0.2) is 5.41 Å². The number of rotatable bonds is 2. The van der Waals surface area contributed by atoms with Gasteiger partial charge in [-0.15, -0.1) is 22.2 Å². The number of hydrogen-bond donors (Lipinski definition) is 0. The summed E-state index contributed by atoms with van der Waals surface area (Å²) >= 11 is 11.1. The Balaban J connectivity index is 2.90. The molecule has 4 heteroatoms. The molecule has 12 heavy (non-hydrogen) atoms. The minimum absolute atomic E-state index is 0.113. The zero-order valence-electron chi connectivity index (χ0n) is 6.55. The van der Waals surface area contributed by atoms with Gasteiger partial charge in [0.2, 0.25) is 0 Å². The number of halogens is 2. The lowest BCUT2D eigenvalue weighted by molar-refractivity contribution is 0.107. The Kier molecular flexibility index (Phi) is 3.32. The zero-order chi connectivity index (χ0) is 9.14. The number of benzene rings is 1. The molecule has 0 unspecified atom stereocenters. The summed E-state index contributed by atoms with van der Waals surface area (Å²) in [5.41, 5.74) is 1.73. The summed E-state index contributed by atoms with van der Waals surface area (Å²) in [4.78, 5) is 11.3. The second-order valence-corrected chi connectivity index (χ2v) is 6.95. The van der Waals surface area contributed by atoms with Crippen LogP contribution in [-0.2, 0) is 0 Å². The van der Waals surface area contributed by atoms with E-state index in [1.54, 1.807) is 12.1 Å². The summed E-state index contributed by atoms with van der Waals surface area (Å²) in [6.07, 6.45) is 0. The van der Waals surface area contributed by atoms with Gasteiger partial charge in [-0.2, -0.15) is 0 Å². The van der Waals surface area contributed by atoms with Crippen LogP contribution in [-0.4, -0.2) is 12.8 Å². The monoisotopic (exact) mass is 218 g/mol. The summed E-state index contributed by atoms with van der Waals surface area (Å²) in [5.74, 6) is 0. The highest BCUT2D eigenvalue weighted by Gasteiger charge is 2.15. The van der Waals surface area contributed by atoms with Crippen LogP contribution in [0.2, 0.25) is 0 Å². The highest BCUT2D eigenvalue weighted by atomic mass is 35.7. The first-order chi connectivity index (χ1) is 5.61. The van der Waals surface area contributed by atoms with E-state index in [4.69, 9.17) is 22.2 Å². The summed E-state index contributed by atoms with van der Waals surface area (Å²) in [7, 11) is -2.20.